The first-order valence-corrected chi connectivity index (χ1v) is 11.9. The van der Waals surface area contributed by atoms with E-state index in [1.165, 1.54) is 28.4 Å². The van der Waals surface area contributed by atoms with Crippen LogP contribution in [0.4, 0.5) is 0 Å². The van der Waals surface area contributed by atoms with Crippen LogP contribution < -0.4 is 16.9 Å². The average molecular weight is 484 g/mol. The van der Waals surface area contributed by atoms with Crippen LogP contribution in [0.2, 0.25) is 5.02 Å². The Bertz CT molecular complexity index is 1450. The standard InChI is InChI=1S/C23H22ClN5O3S/c24-15-9-10-20-26-16(12-21(31)29(20)13-15)14-33-23-27-18-7-4-3-6-17(18)22(32)28(23)11-5-1-2-8-19(25)30/h3-4,6-7,9-10,12-13H,1-2,5,8,11,14H2,(H2,25,30). The van der Waals surface area contributed by atoms with Gasteiger partial charge in [-0.05, 0) is 37.1 Å². The molecule has 4 rings (SSSR count). The summed E-state index contributed by atoms with van der Waals surface area (Å²) in [5.74, 6) is 0.0535. The molecule has 10 heteroatoms. The van der Waals surface area contributed by atoms with Crippen LogP contribution >= 0.6 is 23.4 Å². The molecule has 0 aliphatic carbocycles. The van der Waals surface area contributed by atoms with Crippen molar-refractivity contribution in [2.75, 3.05) is 0 Å². The highest BCUT2D eigenvalue weighted by molar-refractivity contribution is 7.98. The molecule has 4 aromatic rings. The van der Waals surface area contributed by atoms with E-state index in [1.54, 1.807) is 22.8 Å². The van der Waals surface area contributed by atoms with E-state index in [1.807, 2.05) is 18.2 Å². The molecule has 1 amide bonds. The number of hydrogen-bond donors (Lipinski definition) is 1. The molecule has 0 fully saturated rings. The topological polar surface area (TPSA) is 112 Å². The first-order valence-electron chi connectivity index (χ1n) is 10.5. The molecule has 170 valence electrons. The monoisotopic (exact) mass is 483 g/mol. The maximum Gasteiger partial charge on any atom is 0.262 e. The van der Waals surface area contributed by atoms with Gasteiger partial charge in [0.2, 0.25) is 5.91 Å². The Balaban J connectivity index is 1.60. The number of para-hydroxylation sites is 1. The normalized spacial score (nSPS) is 11.3. The number of fused-ring (bicyclic) bond motifs is 2. The summed E-state index contributed by atoms with van der Waals surface area (Å²) in [4.78, 5) is 45.8. The third-order valence-electron chi connectivity index (χ3n) is 5.16. The lowest BCUT2D eigenvalue weighted by Crippen LogP contribution is -2.23. The number of carbonyl (C=O) groups is 1. The van der Waals surface area contributed by atoms with E-state index < -0.39 is 0 Å². The highest BCUT2D eigenvalue weighted by atomic mass is 35.5. The number of halogens is 1. The largest absolute Gasteiger partial charge is 0.370 e. The molecule has 8 nitrogen and oxygen atoms in total. The molecule has 2 N–H and O–H groups in total. The third kappa shape index (κ3) is 5.43. The van der Waals surface area contributed by atoms with Gasteiger partial charge in [0, 0.05) is 31.0 Å². The lowest BCUT2D eigenvalue weighted by atomic mass is 10.2. The summed E-state index contributed by atoms with van der Waals surface area (Å²) in [7, 11) is 0. The lowest BCUT2D eigenvalue weighted by Gasteiger charge is -2.13. The van der Waals surface area contributed by atoms with Gasteiger partial charge in [-0.2, -0.15) is 0 Å². The summed E-state index contributed by atoms with van der Waals surface area (Å²) in [6.07, 6.45) is 4.04. The Morgan fingerprint density at radius 2 is 1.88 bits per heavy atom. The summed E-state index contributed by atoms with van der Waals surface area (Å²) in [6.45, 7) is 0.476. The van der Waals surface area contributed by atoms with Crippen LogP contribution in [-0.4, -0.2) is 24.8 Å². The van der Waals surface area contributed by atoms with Crippen molar-refractivity contribution in [3.63, 3.8) is 0 Å². The van der Waals surface area contributed by atoms with E-state index in [-0.39, 0.29) is 17.0 Å². The fourth-order valence-corrected chi connectivity index (χ4v) is 4.62. The van der Waals surface area contributed by atoms with E-state index in [9.17, 15) is 14.4 Å². The van der Waals surface area contributed by atoms with E-state index in [2.05, 4.69) is 4.98 Å². The Morgan fingerprint density at radius 1 is 1.06 bits per heavy atom. The van der Waals surface area contributed by atoms with Crippen LogP contribution in [0.3, 0.4) is 0 Å². The Kier molecular flexibility index (Phi) is 7.10. The minimum absolute atomic E-state index is 0.112. The van der Waals surface area contributed by atoms with Gasteiger partial charge < -0.3 is 5.73 Å². The summed E-state index contributed by atoms with van der Waals surface area (Å²) in [5.41, 5.74) is 6.57. The molecule has 3 aromatic heterocycles. The maximum absolute atomic E-state index is 13.1. The number of carbonyl (C=O) groups excluding carboxylic acids is 1. The molecule has 0 saturated carbocycles. The van der Waals surface area contributed by atoms with Crippen LogP contribution in [0, 0.1) is 0 Å². The zero-order valence-corrected chi connectivity index (χ0v) is 19.3. The Hall–Kier alpha value is -3.17. The second kappa shape index (κ2) is 10.2. The molecule has 0 unspecified atom stereocenters. The predicted molar refractivity (Wildman–Crippen MR) is 130 cm³/mol. The minimum Gasteiger partial charge on any atom is -0.370 e. The highest BCUT2D eigenvalue weighted by Gasteiger charge is 2.13. The van der Waals surface area contributed by atoms with Gasteiger partial charge in [0.25, 0.3) is 11.1 Å². The maximum atomic E-state index is 13.1. The molecular weight excluding hydrogens is 462 g/mol. The first-order chi connectivity index (χ1) is 15.9. The summed E-state index contributed by atoms with van der Waals surface area (Å²) in [5, 5.41) is 1.57. The molecule has 0 aliphatic heterocycles. The minimum atomic E-state index is -0.322. The molecule has 1 aromatic carbocycles. The van der Waals surface area contributed by atoms with Crippen molar-refractivity contribution < 1.29 is 4.79 Å². The number of hydrogen-bond acceptors (Lipinski definition) is 6. The van der Waals surface area contributed by atoms with Crippen LogP contribution in [0.5, 0.6) is 0 Å². The van der Waals surface area contributed by atoms with Gasteiger partial charge in [0.1, 0.15) is 5.65 Å². The van der Waals surface area contributed by atoms with Gasteiger partial charge in [-0.3, -0.25) is 23.4 Å². The van der Waals surface area contributed by atoms with E-state index in [4.69, 9.17) is 22.3 Å². The van der Waals surface area contributed by atoms with E-state index >= 15 is 0 Å². The van der Waals surface area contributed by atoms with E-state index in [0.29, 0.717) is 57.6 Å². The molecular formula is C23H22ClN5O3S. The lowest BCUT2D eigenvalue weighted by molar-refractivity contribution is -0.118. The number of nitrogens with zero attached hydrogens (tertiary/aromatic N) is 4. The number of unbranched alkanes of at least 4 members (excludes halogenated alkanes) is 2. The van der Waals surface area contributed by atoms with Gasteiger partial charge in [-0.25, -0.2) is 9.97 Å². The van der Waals surface area contributed by atoms with E-state index in [0.717, 1.165) is 12.8 Å². The van der Waals surface area contributed by atoms with Crippen molar-refractivity contribution in [3.8, 4) is 0 Å². The van der Waals surface area contributed by atoms with Crippen LogP contribution in [0.25, 0.3) is 16.6 Å². The number of primary amides is 1. The van der Waals surface area contributed by atoms with Crippen molar-refractivity contribution in [1.29, 1.82) is 0 Å². The van der Waals surface area contributed by atoms with Crippen molar-refractivity contribution in [2.45, 2.75) is 43.1 Å². The number of thioether (sulfide) groups is 1. The van der Waals surface area contributed by atoms with Crippen LogP contribution in [-0.2, 0) is 17.1 Å². The van der Waals surface area contributed by atoms with Gasteiger partial charge in [0.05, 0.1) is 21.6 Å². The Morgan fingerprint density at radius 3 is 2.70 bits per heavy atom. The van der Waals surface area contributed by atoms with Crippen molar-refractivity contribution >= 4 is 45.8 Å². The van der Waals surface area contributed by atoms with Crippen molar-refractivity contribution in [3.05, 3.63) is 80.1 Å². The predicted octanol–water partition coefficient (Wildman–Crippen LogP) is 3.40. The Labute approximate surface area is 198 Å². The van der Waals surface area contributed by atoms with Gasteiger partial charge in [-0.15, -0.1) is 0 Å². The second-order valence-corrected chi connectivity index (χ2v) is 8.97. The summed E-state index contributed by atoms with van der Waals surface area (Å²) < 4.78 is 3.05. The molecule has 0 radical (unpaired) electrons. The molecule has 0 aliphatic rings. The number of amides is 1. The number of benzene rings is 1. The van der Waals surface area contributed by atoms with Crippen molar-refractivity contribution in [2.24, 2.45) is 5.73 Å². The molecule has 3 heterocycles. The zero-order valence-electron chi connectivity index (χ0n) is 17.7. The fraction of sp³-hybridized carbons (Fsp3) is 0.261. The quantitative estimate of drug-likeness (QED) is 0.222. The number of nitrogens with two attached hydrogens (primary N) is 1. The highest BCUT2D eigenvalue weighted by Crippen LogP contribution is 2.22. The number of aromatic nitrogens is 4. The van der Waals surface area contributed by atoms with Gasteiger partial charge in [-0.1, -0.05) is 41.9 Å². The van der Waals surface area contributed by atoms with Gasteiger partial charge >= 0.3 is 0 Å². The number of rotatable bonds is 9. The molecule has 33 heavy (non-hydrogen) atoms. The molecule has 0 saturated heterocycles. The molecule has 0 bridgehead atoms. The molecule has 0 spiro atoms. The second-order valence-electron chi connectivity index (χ2n) is 7.60. The SMILES string of the molecule is NC(=O)CCCCCn1c(SCc2cc(=O)n3cc(Cl)ccc3n2)nc2ccccc2c1=O. The van der Waals surface area contributed by atoms with Crippen LogP contribution in [0.1, 0.15) is 31.4 Å². The molecule has 0 atom stereocenters. The fourth-order valence-electron chi connectivity index (χ4n) is 3.54. The average Bonchev–Trinajstić information content (AvgIpc) is 2.79. The smallest absolute Gasteiger partial charge is 0.262 e. The van der Waals surface area contributed by atoms with Gasteiger partial charge in [0.15, 0.2) is 5.16 Å². The summed E-state index contributed by atoms with van der Waals surface area (Å²) >= 11 is 7.33. The number of pyridine rings is 1. The summed E-state index contributed by atoms with van der Waals surface area (Å²) in [6, 6.07) is 12.1. The zero-order chi connectivity index (χ0) is 23.4. The van der Waals surface area contributed by atoms with Crippen LogP contribution in [0.15, 0.2) is 63.4 Å². The first kappa shape index (κ1) is 23.0. The third-order valence-corrected chi connectivity index (χ3v) is 6.39. The van der Waals surface area contributed by atoms with Crippen molar-refractivity contribution in [1.82, 2.24) is 18.9 Å².